The number of aromatic nitrogens is 2. The first-order valence-electron chi connectivity index (χ1n) is 20.4. The van der Waals surface area contributed by atoms with Gasteiger partial charge in [-0.3, -0.25) is 0 Å². The van der Waals surface area contributed by atoms with Crippen LogP contribution in [-0.4, -0.2) is 9.97 Å². The van der Waals surface area contributed by atoms with Crippen molar-refractivity contribution in [1.29, 1.82) is 0 Å². The van der Waals surface area contributed by atoms with Gasteiger partial charge >= 0.3 is 0 Å². The normalized spacial score (nSPS) is 11.9. The summed E-state index contributed by atoms with van der Waals surface area (Å²) in [6, 6.07) is 69.0. The zero-order valence-corrected chi connectivity index (χ0v) is 34.2. The quantitative estimate of drug-likeness (QED) is 0.0958. The molecule has 0 radical (unpaired) electrons. The fourth-order valence-corrected chi connectivity index (χ4v) is 12.0. The van der Waals surface area contributed by atoms with Gasteiger partial charge in [-0.15, -0.1) is 0 Å². The molecular weight excluding hydrogens is 748 g/mol. The first kappa shape index (κ1) is 35.9. The van der Waals surface area contributed by atoms with Crippen LogP contribution in [0.25, 0.3) is 87.8 Å². The Bertz CT molecular complexity index is 3470. The minimum atomic E-state index is -3.10. The average molecular weight is 787 g/mol. The summed E-state index contributed by atoms with van der Waals surface area (Å²) in [5.74, 6) is 0. The minimum absolute atomic E-state index is 0.826. The molecule has 3 nitrogen and oxygen atoms in total. The van der Waals surface area contributed by atoms with Crippen molar-refractivity contribution in [3.8, 4) is 33.6 Å². The van der Waals surface area contributed by atoms with Crippen molar-refractivity contribution in [3.05, 3.63) is 211 Å². The van der Waals surface area contributed by atoms with E-state index in [0.717, 1.165) is 82.1 Å². The Balaban J connectivity index is 1.12. The predicted molar refractivity (Wildman–Crippen MR) is 255 cm³/mol. The van der Waals surface area contributed by atoms with Crippen molar-refractivity contribution in [2.45, 2.75) is 13.8 Å². The number of fused-ring (bicyclic) bond motifs is 7. The minimum Gasteiger partial charge on any atom is -0.309 e. The van der Waals surface area contributed by atoms with Crippen LogP contribution in [0.2, 0.25) is 0 Å². The lowest BCUT2D eigenvalue weighted by molar-refractivity contribution is 0.592. The fraction of sp³-hybridized carbons (Fsp3) is 0.0357. The molecule has 0 spiro atoms. The number of para-hydroxylation sites is 1. The van der Waals surface area contributed by atoms with Crippen LogP contribution >= 0.6 is 7.14 Å². The maximum absolute atomic E-state index is 15.2. The molecule has 60 heavy (non-hydrogen) atoms. The van der Waals surface area contributed by atoms with Gasteiger partial charge in [0.2, 0.25) is 0 Å². The van der Waals surface area contributed by atoms with E-state index >= 15 is 4.57 Å². The average Bonchev–Trinajstić information content (AvgIpc) is 3.32. The van der Waals surface area contributed by atoms with E-state index in [1.165, 1.54) is 32.7 Å². The molecule has 0 N–H and O–H groups in total. The number of pyridine rings is 2. The Labute approximate surface area is 349 Å². The number of hydrogen-bond acceptors (Lipinski definition) is 3. The summed E-state index contributed by atoms with van der Waals surface area (Å²) in [5, 5.41) is 11.7. The number of nitrogens with zero attached hydrogens (tertiary/aromatic N) is 2. The number of aryl methyl sites for hydroxylation is 2. The number of benzene rings is 9. The zero-order valence-electron chi connectivity index (χ0n) is 33.3. The molecule has 9 aromatic carbocycles. The van der Waals surface area contributed by atoms with Gasteiger partial charge in [-0.2, -0.15) is 0 Å². The molecule has 284 valence electrons. The molecule has 2 aromatic heterocycles. The molecule has 0 unspecified atom stereocenters. The highest BCUT2D eigenvalue weighted by Gasteiger charge is 2.30. The van der Waals surface area contributed by atoms with Gasteiger partial charge in [0.1, 0.15) is 0 Å². The van der Waals surface area contributed by atoms with E-state index in [1.54, 1.807) is 0 Å². The van der Waals surface area contributed by atoms with Gasteiger partial charge in [0.05, 0.1) is 22.4 Å². The molecule has 0 amide bonds. The van der Waals surface area contributed by atoms with Gasteiger partial charge in [0.25, 0.3) is 0 Å². The molecule has 0 aliphatic rings. The van der Waals surface area contributed by atoms with Crippen molar-refractivity contribution in [2.24, 2.45) is 0 Å². The van der Waals surface area contributed by atoms with Gasteiger partial charge in [0, 0.05) is 48.6 Å². The molecule has 0 fully saturated rings. The first-order valence-corrected chi connectivity index (χ1v) is 22.1. The molecular formula is C56H39N2OP. The standard InChI is InChI=1S/C56H39N2OP/c1-36-51-47-25-15-16-26-49(47)57-55(38-17-7-3-8-18-38)53(51)37(2)52-48-32-30-43(35-50(48)58-56(54(36)52)39-19-9-4-10-20-39)40-27-28-42-34-46(31-29-41(42)33-40)60(59,44-21-11-5-12-22-44)45-23-13-6-14-24-45/h3-35H,1-2H3. The van der Waals surface area contributed by atoms with E-state index in [1.807, 2.05) is 66.7 Å². The molecule has 2 heterocycles. The van der Waals surface area contributed by atoms with Gasteiger partial charge in [0.15, 0.2) is 7.14 Å². The Morgan fingerprint density at radius 1 is 0.350 bits per heavy atom. The van der Waals surface area contributed by atoms with E-state index in [9.17, 15) is 0 Å². The molecule has 4 heteroatoms. The molecule has 0 saturated carbocycles. The third-order valence-corrected chi connectivity index (χ3v) is 15.3. The topological polar surface area (TPSA) is 42.9 Å². The number of hydrogen-bond donors (Lipinski definition) is 0. The maximum Gasteiger partial charge on any atom is 0.171 e. The predicted octanol–water partition coefficient (Wildman–Crippen LogP) is 13.5. The monoisotopic (exact) mass is 786 g/mol. The van der Waals surface area contributed by atoms with E-state index in [4.69, 9.17) is 9.97 Å². The molecule has 0 saturated heterocycles. The van der Waals surface area contributed by atoms with Gasteiger partial charge in [-0.25, -0.2) is 9.97 Å². The summed E-state index contributed by atoms with van der Waals surface area (Å²) in [4.78, 5) is 10.9. The second kappa shape index (κ2) is 14.3. The Hall–Kier alpha value is -7.19. The second-order valence-corrected chi connectivity index (χ2v) is 18.4. The highest BCUT2D eigenvalue weighted by Crippen LogP contribution is 2.46. The van der Waals surface area contributed by atoms with E-state index in [2.05, 4.69) is 147 Å². The third kappa shape index (κ3) is 5.69. The smallest absolute Gasteiger partial charge is 0.171 e. The van der Waals surface area contributed by atoms with E-state index in [0.29, 0.717) is 0 Å². The molecule has 0 aliphatic heterocycles. The van der Waals surface area contributed by atoms with E-state index in [-0.39, 0.29) is 0 Å². The Kier molecular flexibility index (Phi) is 8.55. The van der Waals surface area contributed by atoms with Crippen molar-refractivity contribution < 1.29 is 4.57 Å². The number of rotatable bonds is 6. The fourth-order valence-electron chi connectivity index (χ4n) is 9.36. The van der Waals surface area contributed by atoms with Gasteiger partial charge in [-0.1, -0.05) is 176 Å². The summed E-state index contributed by atoms with van der Waals surface area (Å²) >= 11 is 0. The van der Waals surface area contributed by atoms with Crippen molar-refractivity contribution in [2.75, 3.05) is 0 Å². The maximum atomic E-state index is 15.2. The molecule has 0 bridgehead atoms. The molecule has 11 rings (SSSR count). The summed E-state index contributed by atoms with van der Waals surface area (Å²) in [5.41, 5.74) is 10.7. The van der Waals surface area contributed by atoms with Crippen LogP contribution in [0.3, 0.4) is 0 Å². The van der Waals surface area contributed by atoms with Crippen LogP contribution in [0.5, 0.6) is 0 Å². The van der Waals surface area contributed by atoms with Crippen LogP contribution in [0, 0.1) is 13.8 Å². The van der Waals surface area contributed by atoms with Crippen LogP contribution in [0.1, 0.15) is 11.1 Å². The van der Waals surface area contributed by atoms with Crippen LogP contribution in [0.15, 0.2) is 200 Å². The Morgan fingerprint density at radius 3 is 1.40 bits per heavy atom. The first-order chi connectivity index (χ1) is 29.5. The summed E-state index contributed by atoms with van der Waals surface area (Å²) < 4.78 is 15.2. The summed E-state index contributed by atoms with van der Waals surface area (Å²) in [7, 11) is -3.10. The molecule has 11 aromatic rings. The largest absolute Gasteiger partial charge is 0.309 e. The van der Waals surface area contributed by atoms with Gasteiger partial charge in [-0.05, 0) is 81.9 Å². The van der Waals surface area contributed by atoms with Crippen molar-refractivity contribution in [3.63, 3.8) is 0 Å². The van der Waals surface area contributed by atoms with Crippen molar-refractivity contribution >= 4 is 77.2 Å². The molecule has 0 aliphatic carbocycles. The highest BCUT2D eigenvalue weighted by atomic mass is 31.2. The van der Waals surface area contributed by atoms with Crippen LogP contribution in [-0.2, 0) is 4.57 Å². The van der Waals surface area contributed by atoms with Crippen LogP contribution in [0.4, 0.5) is 0 Å². The zero-order chi connectivity index (χ0) is 40.4. The summed E-state index contributed by atoms with van der Waals surface area (Å²) in [6.07, 6.45) is 0. The summed E-state index contributed by atoms with van der Waals surface area (Å²) in [6.45, 7) is 4.53. The molecule has 0 atom stereocenters. The van der Waals surface area contributed by atoms with E-state index < -0.39 is 7.14 Å². The lowest BCUT2D eigenvalue weighted by Crippen LogP contribution is -2.24. The van der Waals surface area contributed by atoms with Gasteiger partial charge < -0.3 is 4.57 Å². The van der Waals surface area contributed by atoms with Crippen molar-refractivity contribution in [1.82, 2.24) is 9.97 Å². The third-order valence-electron chi connectivity index (χ3n) is 12.2. The highest BCUT2D eigenvalue weighted by molar-refractivity contribution is 7.85. The lowest BCUT2D eigenvalue weighted by Gasteiger charge is -2.21. The second-order valence-electron chi connectivity index (χ2n) is 15.7. The SMILES string of the molecule is Cc1c2c(-c3ccccc3)nc3cc(-c4ccc5cc(P(=O)(c6ccccc6)c6ccccc6)ccc5c4)ccc3c2c(C)c2c(-c3ccccc3)nc3ccccc3c12. The Morgan fingerprint density at radius 2 is 0.800 bits per heavy atom. The lowest BCUT2D eigenvalue weighted by atomic mass is 9.85. The van der Waals surface area contributed by atoms with Crippen LogP contribution < -0.4 is 15.9 Å².